The molecule has 21 heavy (non-hydrogen) atoms. The standard InChI is InChI=1S/C12H15BClFN2O4/c1-21-11(17)3-2-10(16)12(18)6-4-7(13(19)20)9(15)5-8(6)14/h2-5,12,18-20H,16-17H2,1H3/b10-2-,11-3+. The van der Waals surface area contributed by atoms with E-state index >= 15 is 0 Å². The van der Waals surface area contributed by atoms with E-state index in [0.717, 1.165) is 12.1 Å². The smallest absolute Gasteiger partial charge is 0.483 e. The van der Waals surface area contributed by atoms with Crippen LogP contribution in [-0.4, -0.2) is 29.4 Å². The van der Waals surface area contributed by atoms with Gasteiger partial charge >= 0.3 is 7.12 Å². The highest BCUT2D eigenvalue weighted by Gasteiger charge is 2.22. The topological polar surface area (TPSA) is 122 Å². The summed E-state index contributed by atoms with van der Waals surface area (Å²) in [6.07, 6.45) is 1.23. The molecule has 0 fully saturated rings. The predicted molar refractivity (Wildman–Crippen MR) is 77.7 cm³/mol. The Hall–Kier alpha value is -1.74. The molecule has 1 aromatic carbocycles. The first kappa shape index (κ1) is 17.3. The van der Waals surface area contributed by atoms with Gasteiger partial charge in [-0.1, -0.05) is 17.7 Å². The van der Waals surface area contributed by atoms with Gasteiger partial charge in [0.1, 0.15) is 11.9 Å². The van der Waals surface area contributed by atoms with Crippen LogP contribution in [0.4, 0.5) is 4.39 Å². The van der Waals surface area contributed by atoms with Crippen LogP contribution < -0.4 is 16.9 Å². The molecule has 0 aliphatic carbocycles. The molecular weight excluding hydrogens is 301 g/mol. The molecule has 0 aliphatic rings. The van der Waals surface area contributed by atoms with Crippen LogP contribution in [0.2, 0.25) is 5.02 Å². The molecule has 7 N–H and O–H groups in total. The number of halogens is 2. The summed E-state index contributed by atoms with van der Waals surface area (Å²) >= 11 is 5.82. The highest BCUT2D eigenvalue weighted by molar-refractivity contribution is 6.58. The van der Waals surface area contributed by atoms with E-state index in [1.54, 1.807) is 0 Å². The third-order valence-electron chi connectivity index (χ3n) is 2.68. The van der Waals surface area contributed by atoms with Crippen molar-refractivity contribution in [2.24, 2.45) is 11.5 Å². The van der Waals surface area contributed by atoms with Gasteiger partial charge in [0.25, 0.3) is 0 Å². The largest absolute Gasteiger partial charge is 0.491 e. The van der Waals surface area contributed by atoms with Gasteiger partial charge in [0.15, 0.2) is 5.88 Å². The summed E-state index contributed by atoms with van der Waals surface area (Å²) < 4.78 is 18.2. The molecule has 0 aromatic heterocycles. The minimum Gasteiger partial charge on any atom is -0.483 e. The van der Waals surface area contributed by atoms with Crippen LogP contribution in [0.5, 0.6) is 0 Å². The van der Waals surface area contributed by atoms with Crippen molar-refractivity contribution in [1.29, 1.82) is 0 Å². The molecule has 114 valence electrons. The number of allylic oxidation sites excluding steroid dienone is 2. The van der Waals surface area contributed by atoms with Gasteiger partial charge in [-0.15, -0.1) is 0 Å². The second kappa shape index (κ2) is 7.32. The van der Waals surface area contributed by atoms with E-state index in [0.29, 0.717) is 0 Å². The van der Waals surface area contributed by atoms with E-state index in [1.165, 1.54) is 19.3 Å². The zero-order valence-electron chi connectivity index (χ0n) is 11.1. The van der Waals surface area contributed by atoms with E-state index in [4.69, 9.17) is 37.9 Å². The first-order valence-electron chi connectivity index (χ1n) is 5.77. The van der Waals surface area contributed by atoms with Crippen molar-refractivity contribution in [2.45, 2.75) is 6.10 Å². The van der Waals surface area contributed by atoms with Gasteiger partial charge in [-0.05, 0) is 18.2 Å². The molecule has 6 nitrogen and oxygen atoms in total. The van der Waals surface area contributed by atoms with Crippen LogP contribution in [0.1, 0.15) is 11.7 Å². The first-order chi connectivity index (χ1) is 9.77. The van der Waals surface area contributed by atoms with Crippen molar-refractivity contribution in [1.82, 2.24) is 0 Å². The van der Waals surface area contributed by atoms with Gasteiger partial charge in [-0.25, -0.2) is 4.39 Å². The number of rotatable bonds is 5. The summed E-state index contributed by atoms with van der Waals surface area (Å²) in [7, 11) is -0.680. The third-order valence-corrected chi connectivity index (χ3v) is 3.01. The van der Waals surface area contributed by atoms with Crippen molar-refractivity contribution in [3.8, 4) is 0 Å². The fourth-order valence-electron chi connectivity index (χ4n) is 1.51. The lowest BCUT2D eigenvalue weighted by atomic mass is 9.78. The maximum Gasteiger partial charge on any atom is 0.491 e. The molecule has 9 heteroatoms. The number of hydrogen-bond acceptors (Lipinski definition) is 6. The van der Waals surface area contributed by atoms with Gasteiger partial charge in [-0.3, -0.25) is 0 Å². The van der Waals surface area contributed by atoms with Crippen LogP contribution in [-0.2, 0) is 4.74 Å². The number of aliphatic hydroxyl groups is 1. The zero-order valence-corrected chi connectivity index (χ0v) is 11.9. The lowest BCUT2D eigenvalue weighted by molar-refractivity contribution is 0.214. The normalized spacial score (nSPS) is 14.0. The molecule has 1 unspecified atom stereocenters. The van der Waals surface area contributed by atoms with E-state index < -0.39 is 24.5 Å². The second-order valence-electron chi connectivity index (χ2n) is 4.11. The molecule has 0 saturated carbocycles. The highest BCUT2D eigenvalue weighted by atomic mass is 35.5. The Kier molecular flexibility index (Phi) is 6.04. The summed E-state index contributed by atoms with van der Waals surface area (Å²) in [6, 6.07) is 1.89. The fourth-order valence-corrected chi connectivity index (χ4v) is 1.76. The number of benzene rings is 1. The average molecular weight is 317 g/mol. The van der Waals surface area contributed by atoms with Crippen LogP contribution in [0, 0.1) is 5.82 Å². The maximum absolute atomic E-state index is 13.5. The molecular formula is C12H15BClFN2O4. The van der Waals surface area contributed by atoms with Crippen molar-refractivity contribution in [2.75, 3.05) is 7.11 Å². The molecule has 0 bridgehead atoms. The number of methoxy groups -OCH3 is 1. The Morgan fingerprint density at radius 1 is 1.38 bits per heavy atom. The summed E-state index contributed by atoms with van der Waals surface area (Å²) in [5.74, 6) is -0.834. The van der Waals surface area contributed by atoms with Crippen LogP contribution in [0.25, 0.3) is 0 Å². The zero-order chi connectivity index (χ0) is 16.2. The Balaban J connectivity index is 3.18. The van der Waals surface area contributed by atoms with E-state index in [9.17, 15) is 9.50 Å². The number of nitrogens with two attached hydrogens (primary N) is 2. The predicted octanol–water partition coefficient (Wildman–Crippen LogP) is -0.519. The Morgan fingerprint density at radius 3 is 2.52 bits per heavy atom. The molecule has 0 aliphatic heterocycles. The van der Waals surface area contributed by atoms with E-state index in [2.05, 4.69) is 0 Å². The van der Waals surface area contributed by atoms with Gasteiger partial charge in [0, 0.05) is 21.7 Å². The molecule has 0 heterocycles. The quantitative estimate of drug-likeness (QED) is 0.283. The monoisotopic (exact) mass is 316 g/mol. The second-order valence-corrected chi connectivity index (χ2v) is 4.52. The van der Waals surface area contributed by atoms with Gasteiger partial charge in [-0.2, -0.15) is 0 Å². The maximum atomic E-state index is 13.5. The van der Waals surface area contributed by atoms with Crippen molar-refractivity contribution in [3.63, 3.8) is 0 Å². The average Bonchev–Trinajstić information content (AvgIpc) is 2.43. The van der Waals surface area contributed by atoms with Gasteiger partial charge in [0.05, 0.1) is 7.11 Å². The van der Waals surface area contributed by atoms with Crippen LogP contribution in [0.3, 0.4) is 0 Å². The SMILES string of the molecule is CO/C(N)=C/C=C(\N)C(O)c1cc(B(O)O)c(F)cc1Cl. The Bertz CT molecular complexity index is 581. The van der Waals surface area contributed by atoms with E-state index in [-0.39, 0.29) is 22.2 Å². The highest BCUT2D eigenvalue weighted by Crippen LogP contribution is 2.26. The lowest BCUT2D eigenvalue weighted by Crippen LogP contribution is -2.33. The van der Waals surface area contributed by atoms with Crippen LogP contribution in [0.15, 0.2) is 35.9 Å². The molecule has 0 radical (unpaired) electrons. The van der Waals surface area contributed by atoms with Crippen molar-refractivity contribution >= 4 is 24.2 Å². The number of aliphatic hydroxyl groups excluding tert-OH is 1. The number of ether oxygens (including phenoxy) is 1. The molecule has 0 saturated heterocycles. The lowest BCUT2D eigenvalue weighted by Gasteiger charge is -2.15. The Morgan fingerprint density at radius 2 is 2.00 bits per heavy atom. The minimum atomic E-state index is -2.04. The summed E-state index contributed by atoms with van der Waals surface area (Å²) in [5, 5.41) is 28.1. The van der Waals surface area contributed by atoms with Gasteiger partial charge in [0.2, 0.25) is 0 Å². The first-order valence-corrected chi connectivity index (χ1v) is 6.15. The minimum absolute atomic E-state index is 0.0271. The number of hydrogen-bond donors (Lipinski definition) is 5. The molecule has 1 atom stereocenters. The van der Waals surface area contributed by atoms with Crippen molar-refractivity contribution in [3.05, 3.63) is 52.3 Å². The molecule has 0 spiro atoms. The van der Waals surface area contributed by atoms with Gasteiger partial charge < -0.3 is 31.4 Å². The van der Waals surface area contributed by atoms with E-state index in [1.807, 2.05) is 0 Å². The molecule has 0 amide bonds. The summed E-state index contributed by atoms with van der Waals surface area (Å²) in [5.41, 5.74) is 10.6. The molecule has 1 rings (SSSR count). The summed E-state index contributed by atoms with van der Waals surface area (Å²) in [6.45, 7) is 0. The molecule has 1 aromatic rings. The Labute approximate surface area is 126 Å². The van der Waals surface area contributed by atoms with Crippen LogP contribution >= 0.6 is 11.6 Å². The van der Waals surface area contributed by atoms with Crippen molar-refractivity contribution < 1.29 is 24.3 Å². The summed E-state index contributed by atoms with van der Waals surface area (Å²) in [4.78, 5) is 0. The fraction of sp³-hybridized carbons (Fsp3) is 0.167. The third kappa shape index (κ3) is 4.37.